The average molecular weight is 852 g/mol. The second-order valence-corrected chi connectivity index (χ2v) is 31.2. The topological polar surface area (TPSA) is 0 Å². The fourth-order valence-corrected chi connectivity index (χ4v) is 17.5. The van der Waals surface area contributed by atoms with Gasteiger partial charge in [-0.05, 0) is 43.8 Å². The summed E-state index contributed by atoms with van der Waals surface area (Å²) in [6.07, 6.45) is 60.6. The van der Waals surface area contributed by atoms with Crippen LogP contribution in [0.2, 0.25) is 0 Å². The molecular formula is C48H102P2SSe. The quantitative estimate of drug-likeness (QED) is 0.0335. The summed E-state index contributed by atoms with van der Waals surface area (Å²) >= 11 is 10.1. The van der Waals surface area contributed by atoms with E-state index in [0.717, 1.165) is 0 Å². The van der Waals surface area contributed by atoms with Gasteiger partial charge < -0.3 is 0 Å². The molecule has 0 rings (SSSR count). The third-order valence-electron chi connectivity index (χ3n) is 11.5. The first-order valence-electron chi connectivity index (χ1n) is 24.5. The molecule has 0 amide bonds. The molecule has 0 aliphatic heterocycles. The van der Waals surface area contributed by atoms with Crippen molar-refractivity contribution in [3.63, 3.8) is 0 Å². The van der Waals surface area contributed by atoms with Gasteiger partial charge >= 0.3 is 175 Å². The van der Waals surface area contributed by atoms with E-state index in [1.54, 1.807) is 18.5 Å². The van der Waals surface area contributed by atoms with Crippen molar-refractivity contribution in [2.24, 2.45) is 0 Å². The molecule has 52 heavy (non-hydrogen) atoms. The van der Waals surface area contributed by atoms with E-state index in [9.17, 15) is 0 Å². The molecule has 0 fully saturated rings. The van der Waals surface area contributed by atoms with Gasteiger partial charge in [0.15, 0.2) is 0 Å². The zero-order valence-electron chi connectivity index (χ0n) is 37.4. The van der Waals surface area contributed by atoms with Crippen LogP contribution in [0.1, 0.15) is 273 Å². The summed E-state index contributed by atoms with van der Waals surface area (Å²) in [5.41, 5.74) is -0.761. The SMILES string of the molecule is CCCCCCCCP(=S)(CCCCCCCC)CCCCCCCC.CCCCCCCCP(=[Se])(CCCCCCCC)CCCCCCCC. The number of hydrogen-bond donors (Lipinski definition) is 0. The van der Waals surface area contributed by atoms with Crippen LogP contribution in [-0.2, 0) is 11.8 Å². The number of hydrogen-bond acceptors (Lipinski definition) is 1. The molecule has 0 aromatic rings. The van der Waals surface area contributed by atoms with Crippen LogP contribution in [-0.4, -0.2) is 52.1 Å². The van der Waals surface area contributed by atoms with Gasteiger partial charge in [0, 0.05) is 0 Å². The molecule has 0 saturated heterocycles. The standard InChI is InChI=1S/C24H51PS.C24H51PSe/c2*1-4-7-10-13-16-19-22-25(26,23-20-17-14-11-8-5-2)24-21-18-15-12-9-6-3/h2*4-24H2,1-3H3. The molecule has 0 nitrogen and oxygen atoms in total. The monoisotopic (exact) mass is 853 g/mol. The molecule has 0 unspecified atom stereocenters. The Morgan fingerprint density at radius 1 is 0.250 bits per heavy atom. The van der Waals surface area contributed by atoms with Crippen LogP contribution in [0.5, 0.6) is 0 Å². The van der Waals surface area contributed by atoms with Gasteiger partial charge in [0.25, 0.3) is 0 Å². The van der Waals surface area contributed by atoms with E-state index in [0.29, 0.717) is 0 Å². The maximum absolute atomic E-state index is 6.32. The first-order valence-corrected chi connectivity index (χ1v) is 32.4. The van der Waals surface area contributed by atoms with E-state index >= 15 is 0 Å². The molecular weight excluding hydrogens is 750 g/mol. The second-order valence-electron chi connectivity index (χ2n) is 17.1. The second kappa shape index (κ2) is 45.3. The fraction of sp³-hybridized carbons (Fsp3) is 1.00. The van der Waals surface area contributed by atoms with Gasteiger partial charge in [-0.2, -0.15) is 0 Å². The van der Waals surface area contributed by atoms with Gasteiger partial charge in [0.05, 0.1) is 0 Å². The summed E-state index contributed by atoms with van der Waals surface area (Å²) in [5, 5.41) is 0. The molecule has 0 radical (unpaired) electrons. The molecule has 0 N–H and O–H groups in total. The van der Waals surface area contributed by atoms with Crippen LogP contribution >= 0.6 is 11.5 Å². The Morgan fingerprint density at radius 2 is 0.404 bits per heavy atom. The molecule has 0 aromatic carbocycles. The minimum atomic E-state index is -1.05. The van der Waals surface area contributed by atoms with Gasteiger partial charge in [-0.15, -0.1) is 0 Å². The summed E-state index contributed by atoms with van der Waals surface area (Å²) in [5.74, 6) is 0. The van der Waals surface area contributed by atoms with Crippen molar-refractivity contribution >= 4 is 38.5 Å². The Kier molecular flexibility index (Phi) is 48.5. The van der Waals surface area contributed by atoms with Crippen LogP contribution < -0.4 is 0 Å². The first kappa shape index (κ1) is 55.7. The average Bonchev–Trinajstić information content (AvgIpc) is 3.14. The summed E-state index contributed by atoms with van der Waals surface area (Å²) in [6, 6.07) is -1.05. The van der Waals surface area contributed by atoms with E-state index in [1.165, 1.54) is 250 Å². The summed E-state index contributed by atoms with van der Waals surface area (Å²) < 4.78 is 0. The van der Waals surface area contributed by atoms with Crippen molar-refractivity contribution in [3.05, 3.63) is 0 Å². The Morgan fingerprint density at radius 3 is 0.596 bits per heavy atom. The van der Waals surface area contributed by atoms with Crippen molar-refractivity contribution in [1.82, 2.24) is 0 Å². The normalized spacial score (nSPS) is 12.0. The van der Waals surface area contributed by atoms with Crippen LogP contribution in [0.15, 0.2) is 0 Å². The predicted octanol–water partition coefficient (Wildman–Crippen LogP) is 18.7. The molecule has 0 aliphatic carbocycles. The third-order valence-corrected chi connectivity index (χ3v) is 23.4. The summed E-state index contributed by atoms with van der Waals surface area (Å²) in [7, 11) is 0. The summed E-state index contributed by atoms with van der Waals surface area (Å²) in [6.45, 7) is 13.9. The number of unbranched alkanes of at least 4 members (excludes halogenated alkanes) is 30. The van der Waals surface area contributed by atoms with E-state index in [2.05, 4.69) is 56.6 Å². The maximum atomic E-state index is 6.32. The molecule has 0 heterocycles. The third kappa shape index (κ3) is 42.7. The molecule has 0 atom stereocenters. The zero-order valence-corrected chi connectivity index (χ0v) is 41.7. The molecule has 0 saturated carbocycles. The van der Waals surface area contributed by atoms with Gasteiger partial charge in [0.1, 0.15) is 0 Å². The summed E-state index contributed by atoms with van der Waals surface area (Å²) in [4.78, 5) is 0. The molecule has 316 valence electrons. The van der Waals surface area contributed by atoms with Gasteiger partial charge in [-0.1, -0.05) is 129 Å². The van der Waals surface area contributed by atoms with Crippen LogP contribution in [0.25, 0.3) is 0 Å². The van der Waals surface area contributed by atoms with E-state index in [-0.39, 0.29) is 0 Å². The van der Waals surface area contributed by atoms with E-state index in [4.69, 9.17) is 11.8 Å². The van der Waals surface area contributed by atoms with Crippen molar-refractivity contribution in [3.8, 4) is 0 Å². The Bertz CT molecular complexity index is 596. The Hall–Kier alpha value is 1.60. The van der Waals surface area contributed by atoms with Crippen LogP contribution in [0, 0.1) is 0 Å². The van der Waals surface area contributed by atoms with Crippen molar-refractivity contribution in [2.45, 2.75) is 273 Å². The molecule has 0 bridgehead atoms. The van der Waals surface area contributed by atoms with E-state index in [1.807, 2.05) is 0 Å². The first-order chi connectivity index (χ1) is 25.4. The van der Waals surface area contributed by atoms with Gasteiger partial charge in [-0.3, -0.25) is 0 Å². The molecule has 4 heteroatoms. The minimum absolute atomic E-state index is 0.761. The molecule has 0 spiro atoms. The van der Waals surface area contributed by atoms with Crippen molar-refractivity contribution in [1.29, 1.82) is 0 Å². The van der Waals surface area contributed by atoms with Crippen LogP contribution in [0.3, 0.4) is 0 Å². The molecule has 0 aliphatic rings. The van der Waals surface area contributed by atoms with Gasteiger partial charge in [0.2, 0.25) is 0 Å². The van der Waals surface area contributed by atoms with Crippen LogP contribution in [0.4, 0.5) is 0 Å². The Balaban J connectivity index is 0. The fourth-order valence-electron chi connectivity index (χ4n) is 7.75. The van der Waals surface area contributed by atoms with Crippen molar-refractivity contribution in [2.75, 3.05) is 37.0 Å². The van der Waals surface area contributed by atoms with Gasteiger partial charge in [-0.25, -0.2) is 0 Å². The van der Waals surface area contributed by atoms with Crippen molar-refractivity contribution < 1.29 is 0 Å². The predicted molar refractivity (Wildman–Crippen MR) is 256 cm³/mol. The van der Waals surface area contributed by atoms with E-state index < -0.39 is 11.5 Å². The zero-order chi connectivity index (χ0) is 38.7. The number of rotatable bonds is 42. The molecule has 0 aromatic heterocycles. The Labute approximate surface area is 346 Å².